The van der Waals surface area contributed by atoms with Crippen molar-refractivity contribution in [3.05, 3.63) is 127 Å². The van der Waals surface area contributed by atoms with Crippen molar-refractivity contribution < 1.29 is 4.79 Å². The molecule has 0 unspecified atom stereocenters. The number of rotatable bonds is 6. The van der Waals surface area contributed by atoms with E-state index >= 15 is 0 Å². The SMILES string of the molecule is O=Cc1ccc(-c2ccc(-c3ccc(N(c4ccccc4)c4ccccc4)cc3)s2)cc1. The molecule has 1 aromatic heterocycles. The fraction of sp³-hybridized carbons (Fsp3) is 0. The second-order valence-electron chi connectivity index (χ2n) is 7.46. The molecule has 0 N–H and O–H groups in total. The quantitative estimate of drug-likeness (QED) is 0.252. The van der Waals surface area contributed by atoms with Crippen LogP contribution in [0.5, 0.6) is 0 Å². The van der Waals surface area contributed by atoms with Gasteiger partial charge < -0.3 is 4.90 Å². The van der Waals surface area contributed by atoms with Crippen molar-refractivity contribution in [1.82, 2.24) is 0 Å². The van der Waals surface area contributed by atoms with E-state index in [1.807, 2.05) is 36.4 Å². The number of nitrogens with zero attached hydrogens (tertiary/aromatic N) is 1. The second kappa shape index (κ2) is 9.04. The number of carbonyl (C=O) groups excluding carboxylic acids is 1. The van der Waals surface area contributed by atoms with Crippen LogP contribution in [0.1, 0.15) is 10.4 Å². The number of benzene rings is 4. The van der Waals surface area contributed by atoms with Crippen molar-refractivity contribution in [3.63, 3.8) is 0 Å². The van der Waals surface area contributed by atoms with Crippen molar-refractivity contribution in [3.8, 4) is 20.9 Å². The Morgan fingerprint density at radius 3 is 1.41 bits per heavy atom. The zero-order valence-electron chi connectivity index (χ0n) is 17.4. The van der Waals surface area contributed by atoms with Gasteiger partial charge in [0, 0.05) is 32.4 Å². The molecule has 2 nitrogen and oxygen atoms in total. The first-order chi connectivity index (χ1) is 15.8. The predicted octanol–water partition coefficient (Wildman–Crippen LogP) is 8.36. The topological polar surface area (TPSA) is 20.3 Å². The Balaban J connectivity index is 1.45. The molecule has 0 spiro atoms. The first-order valence-corrected chi connectivity index (χ1v) is 11.3. The van der Waals surface area contributed by atoms with Gasteiger partial charge in [-0.2, -0.15) is 0 Å². The highest BCUT2D eigenvalue weighted by molar-refractivity contribution is 7.18. The average molecular weight is 432 g/mol. The maximum absolute atomic E-state index is 10.9. The van der Waals surface area contributed by atoms with Crippen LogP contribution >= 0.6 is 11.3 Å². The van der Waals surface area contributed by atoms with Crippen LogP contribution in [0, 0.1) is 0 Å². The number of hydrogen-bond acceptors (Lipinski definition) is 3. The van der Waals surface area contributed by atoms with Crippen LogP contribution in [-0.2, 0) is 0 Å². The molecule has 0 aliphatic heterocycles. The number of para-hydroxylation sites is 2. The van der Waals surface area contributed by atoms with Crippen LogP contribution in [0.2, 0.25) is 0 Å². The predicted molar refractivity (Wildman–Crippen MR) is 135 cm³/mol. The summed E-state index contributed by atoms with van der Waals surface area (Å²) in [5, 5.41) is 0. The molecule has 0 saturated carbocycles. The Bertz CT molecular complexity index is 1270. The van der Waals surface area contributed by atoms with E-state index in [2.05, 4.69) is 89.8 Å². The van der Waals surface area contributed by atoms with E-state index in [0.717, 1.165) is 28.9 Å². The highest BCUT2D eigenvalue weighted by atomic mass is 32.1. The molecule has 0 amide bonds. The van der Waals surface area contributed by atoms with Gasteiger partial charge in [0.05, 0.1) is 0 Å². The molecule has 1 heterocycles. The zero-order valence-corrected chi connectivity index (χ0v) is 18.2. The van der Waals surface area contributed by atoms with Crippen molar-refractivity contribution in [2.45, 2.75) is 0 Å². The van der Waals surface area contributed by atoms with E-state index in [-0.39, 0.29) is 0 Å². The molecule has 0 atom stereocenters. The van der Waals surface area contributed by atoms with E-state index in [4.69, 9.17) is 0 Å². The van der Waals surface area contributed by atoms with Gasteiger partial charge in [0.15, 0.2) is 0 Å². The molecule has 5 rings (SSSR count). The fourth-order valence-electron chi connectivity index (χ4n) is 3.75. The normalized spacial score (nSPS) is 10.6. The highest BCUT2D eigenvalue weighted by Crippen LogP contribution is 2.38. The summed E-state index contributed by atoms with van der Waals surface area (Å²) in [5.74, 6) is 0. The van der Waals surface area contributed by atoms with Gasteiger partial charge >= 0.3 is 0 Å². The molecular formula is C29H21NOS. The molecule has 0 saturated heterocycles. The Morgan fingerprint density at radius 1 is 0.500 bits per heavy atom. The van der Waals surface area contributed by atoms with Gasteiger partial charge in [0.25, 0.3) is 0 Å². The Morgan fingerprint density at radius 2 is 0.938 bits per heavy atom. The third kappa shape index (κ3) is 4.11. The lowest BCUT2D eigenvalue weighted by atomic mass is 10.1. The Hall–Kier alpha value is -3.95. The first-order valence-electron chi connectivity index (χ1n) is 10.5. The maximum Gasteiger partial charge on any atom is 0.150 e. The summed E-state index contributed by atoms with van der Waals surface area (Å²) >= 11 is 1.76. The summed E-state index contributed by atoms with van der Waals surface area (Å²) < 4.78 is 0. The summed E-state index contributed by atoms with van der Waals surface area (Å²) in [6.45, 7) is 0. The number of carbonyl (C=O) groups is 1. The third-order valence-electron chi connectivity index (χ3n) is 5.38. The largest absolute Gasteiger partial charge is 0.311 e. The van der Waals surface area contributed by atoms with E-state index in [9.17, 15) is 4.79 Å². The van der Waals surface area contributed by atoms with Gasteiger partial charge in [0.2, 0.25) is 0 Å². The summed E-state index contributed by atoms with van der Waals surface area (Å²) in [7, 11) is 0. The number of anilines is 3. The first kappa shape index (κ1) is 20.0. The summed E-state index contributed by atoms with van der Waals surface area (Å²) in [6, 6.07) is 41.6. The second-order valence-corrected chi connectivity index (χ2v) is 8.54. The van der Waals surface area contributed by atoms with Gasteiger partial charge in [-0.05, 0) is 59.7 Å². The van der Waals surface area contributed by atoms with Crippen LogP contribution in [0.15, 0.2) is 121 Å². The molecule has 3 heteroatoms. The molecule has 0 aliphatic rings. The molecule has 5 aromatic rings. The molecular weight excluding hydrogens is 410 g/mol. The molecule has 0 fully saturated rings. The summed E-state index contributed by atoms with van der Waals surface area (Å²) in [5.41, 5.74) is 6.39. The lowest BCUT2D eigenvalue weighted by Gasteiger charge is -2.25. The zero-order chi connectivity index (χ0) is 21.8. The van der Waals surface area contributed by atoms with E-state index in [1.165, 1.54) is 15.3 Å². The minimum absolute atomic E-state index is 0.697. The maximum atomic E-state index is 10.9. The van der Waals surface area contributed by atoms with Crippen LogP contribution in [-0.4, -0.2) is 6.29 Å². The third-order valence-corrected chi connectivity index (χ3v) is 6.56. The number of aldehydes is 1. The number of thiophene rings is 1. The van der Waals surface area contributed by atoms with Crippen LogP contribution in [0.25, 0.3) is 20.9 Å². The van der Waals surface area contributed by atoms with Crippen molar-refractivity contribution in [2.24, 2.45) is 0 Å². The summed E-state index contributed by atoms with van der Waals surface area (Å²) in [4.78, 5) is 15.6. The van der Waals surface area contributed by atoms with Crippen LogP contribution < -0.4 is 4.90 Å². The van der Waals surface area contributed by atoms with Gasteiger partial charge in [-0.15, -0.1) is 11.3 Å². The van der Waals surface area contributed by atoms with Crippen molar-refractivity contribution in [2.75, 3.05) is 4.90 Å². The monoisotopic (exact) mass is 431 g/mol. The van der Waals surface area contributed by atoms with Gasteiger partial charge in [-0.25, -0.2) is 0 Å². The molecule has 154 valence electrons. The van der Waals surface area contributed by atoms with E-state index in [0.29, 0.717) is 5.56 Å². The molecule has 0 aliphatic carbocycles. The standard InChI is InChI=1S/C29H21NOS/c31-21-22-11-13-23(14-12-22)28-19-20-29(32-28)24-15-17-27(18-16-24)30(25-7-3-1-4-8-25)26-9-5-2-6-10-26/h1-21H. The minimum atomic E-state index is 0.697. The number of hydrogen-bond donors (Lipinski definition) is 0. The molecule has 4 aromatic carbocycles. The molecule has 0 radical (unpaired) electrons. The highest BCUT2D eigenvalue weighted by Gasteiger charge is 2.12. The van der Waals surface area contributed by atoms with Crippen molar-refractivity contribution in [1.29, 1.82) is 0 Å². The smallest absolute Gasteiger partial charge is 0.150 e. The van der Waals surface area contributed by atoms with Gasteiger partial charge in [-0.1, -0.05) is 72.8 Å². The van der Waals surface area contributed by atoms with Gasteiger partial charge in [-0.3, -0.25) is 4.79 Å². The van der Waals surface area contributed by atoms with E-state index in [1.54, 1.807) is 11.3 Å². The molecule has 32 heavy (non-hydrogen) atoms. The van der Waals surface area contributed by atoms with Gasteiger partial charge in [0.1, 0.15) is 6.29 Å². The molecule has 0 bridgehead atoms. The fourth-order valence-corrected chi connectivity index (χ4v) is 4.77. The lowest BCUT2D eigenvalue weighted by Crippen LogP contribution is -2.09. The Labute approximate surface area is 192 Å². The minimum Gasteiger partial charge on any atom is -0.311 e. The summed E-state index contributed by atoms with van der Waals surface area (Å²) in [6.07, 6.45) is 0.874. The van der Waals surface area contributed by atoms with Crippen LogP contribution in [0.4, 0.5) is 17.1 Å². The Kier molecular flexibility index (Phi) is 5.65. The lowest BCUT2D eigenvalue weighted by molar-refractivity contribution is 0.112. The van der Waals surface area contributed by atoms with Crippen LogP contribution in [0.3, 0.4) is 0 Å². The van der Waals surface area contributed by atoms with E-state index < -0.39 is 0 Å². The average Bonchev–Trinajstić information content (AvgIpc) is 3.36. The van der Waals surface area contributed by atoms with Crippen molar-refractivity contribution >= 4 is 34.7 Å².